The average molecular weight is 501 g/mol. The van der Waals surface area contributed by atoms with Gasteiger partial charge in [-0.15, -0.1) is 0 Å². The van der Waals surface area contributed by atoms with Crippen molar-refractivity contribution in [3.8, 4) is 5.75 Å². The Bertz CT molecular complexity index is 1020. The van der Waals surface area contributed by atoms with Crippen molar-refractivity contribution in [1.82, 2.24) is 0 Å². The zero-order chi connectivity index (χ0) is 23.9. The van der Waals surface area contributed by atoms with Gasteiger partial charge in [0.15, 0.2) is 0 Å². The fourth-order valence-corrected chi connectivity index (χ4v) is 5.06. The summed E-state index contributed by atoms with van der Waals surface area (Å²) >= 11 is 7.60. The van der Waals surface area contributed by atoms with Crippen LogP contribution in [0.1, 0.15) is 18.1 Å². The molecule has 0 saturated carbocycles. The summed E-state index contributed by atoms with van der Waals surface area (Å²) in [7, 11) is 1.64. The minimum atomic E-state index is -0.832. The molecular formula is C27H29ClO5S. The van der Waals surface area contributed by atoms with E-state index in [4.69, 9.17) is 30.5 Å². The smallest absolute Gasteiger partial charge is 0.136 e. The minimum Gasteiger partial charge on any atom is -0.497 e. The van der Waals surface area contributed by atoms with E-state index in [9.17, 15) is 5.11 Å². The molecule has 0 radical (unpaired) electrons. The number of rotatable bonds is 9. The third kappa shape index (κ3) is 6.54. The van der Waals surface area contributed by atoms with E-state index in [1.807, 2.05) is 85.8 Å². The Kier molecular flexibility index (Phi) is 8.89. The van der Waals surface area contributed by atoms with Crippen LogP contribution in [0.25, 0.3) is 0 Å². The number of hydrogen-bond acceptors (Lipinski definition) is 6. The normalized spacial score (nSPS) is 24.6. The quantitative estimate of drug-likeness (QED) is 0.405. The van der Waals surface area contributed by atoms with Gasteiger partial charge in [0.05, 0.1) is 26.4 Å². The number of thioether (sulfide) groups is 1. The molecule has 0 unspecified atom stereocenters. The second-order valence-corrected chi connectivity index (χ2v) is 9.77. The highest BCUT2D eigenvalue weighted by Gasteiger charge is 2.45. The molecule has 0 amide bonds. The predicted octanol–water partition coefficient (Wildman–Crippen LogP) is 5.72. The SMILES string of the molecule is COc1ccc(CO[C@@H]2[C@H](O)[C@H](C)O[C@H](Sc3ccc(Cl)cc3)[C@H]2OCc2ccccc2)cc1. The van der Waals surface area contributed by atoms with Crippen molar-refractivity contribution in [2.75, 3.05) is 7.11 Å². The largest absolute Gasteiger partial charge is 0.497 e. The van der Waals surface area contributed by atoms with E-state index in [0.29, 0.717) is 18.2 Å². The van der Waals surface area contributed by atoms with Crippen LogP contribution in [0.4, 0.5) is 0 Å². The van der Waals surface area contributed by atoms with Gasteiger partial charge in [-0.1, -0.05) is 65.8 Å². The molecule has 34 heavy (non-hydrogen) atoms. The molecule has 5 atom stereocenters. The summed E-state index contributed by atoms with van der Waals surface area (Å²) in [5, 5.41) is 11.7. The first kappa shape index (κ1) is 25.0. The van der Waals surface area contributed by atoms with Crippen molar-refractivity contribution in [3.63, 3.8) is 0 Å². The Labute approximate surface area is 209 Å². The number of halogens is 1. The summed E-state index contributed by atoms with van der Waals surface area (Å²) in [6, 6.07) is 25.2. The molecule has 0 aromatic heterocycles. The number of methoxy groups -OCH3 is 1. The van der Waals surface area contributed by atoms with Crippen LogP contribution < -0.4 is 4.74 Å². The van der Waals surface area contributed by atoms with E-state index >= 15 is 0 Å². The second-order valence-electron chi connectivity index (χ2n) is 8.16. The Morgan fingerprint density at radius 1 is 0.853 bits per heavy atom. The first-order valence-corrected chi connectivity index (χ1v) is 12.4. The second kappa shape index (κ2) is 12.1. The molecule has 1 fully saturated rings. The molecule has 0 bridgehead atoms. The summed E-state index contributed by atoms with van der Waals surface area (Å²) in [6.07, 6.45) is -2.31. The molecular weight excluding hydrogens is 472 g/mol. The van der Waals surface area contributed by atoms with Gasteiger partial charge in [-0.2, -0.15) is 0 Å². The van der Waals surface area contributed by atoms with Crippen molar-refractivity contribution in [2.45, 2.75) is 54.9 Å². The molecule has 0 aliphatic carbocycles. The Morgan fingerprint density at radius 3 is 2.12 bits per heavy atom. The summed E-state index contributed by atoms with van der Waals surface area (Å²) in [4.78, 5) is 1.00. The highest BCUT2D eigenvalue weighted by atomic mass is 35.5. The molecule has 1 aliphatic rings. The van der Waals surface area contributed by atoms with Crippen molar-refractivity contribution in [3.05, 3.63) is 95.0 Å². The van der Waals surface area contributed by atoms with E-state index in [2.05, 4.69) is 0 Å². The molecule has 1 heterocycles. The summed E-state index contributed by atoms with van der Waals surface area (Å²) in [6.45, 7) is 2.58. The monoisotopic (exact) mass is 500 g/mol. The third-order valence-electron chi connectivity index (χ3n) is 5.71. The van der Waals surface area contributed by atoms with Crippen LogP contribution in [-0.2, 0) is 27.4 Å². The maximum Gasteiger partial charge on any atom is 0.136 e. The van der Waals surface area contributed by atoms with Crippen LogP contribution in [-0.4, -0.2) is 42.1 Å². The van der Waals surface area contributed by atoms with E-state index in [1.165, 1.54) is 11.8 Å². The van der Waals surface area contributed by atoms with E-state index in [-0.39, 0.29) is 5.44 Å². The molecule has 180 valence electrons. The Balaban J connectivity index is 1.53. The molecule has 3 aromatic carbocycles. The maximum absolute atomic E-state index is 11.0. The Morgan fingerprint density at radius 2 is 1.47 bits per heavy atom. The number of aliphatic hydroxyl groups is 1. The van der Waals surface area contributed by atoms with Crippen molar-refractivity contribution in [2.24, 2.45) is 0 Å². The van der Waals surface area contributed by atoms with Crippen LogP contribution in [0.3, 0.4) is 0 Å². The lowest BCUT2D eigenvalue weighted by Crippen LogP contribution is -2.57. The van der Waals surface area contributed by atoms with Gasteiger partial charge in [0, 0.05) is 9.92 Å². The predicted molar refractivity (Wildman–Crippen MR) is 134 cm³/mol. The number of ether oxygens (including phenoxy) is 4. The van der Waals surface area contributed by atoms with E-state index in [1.54, 1.807) is 7.11 Å². The fourth-order valence-electron chi connectivity index (χ4n) is 3.78. The van der Waals surface area contributed by atoms with E-state index < -0.39 is 24.4 Å². The molecule has 4 rings (SSSR count). The fraction of sp³-hybridized carbons (Fsp3) is 0.333. The van der Waals surface area contributed by atoms with Gasteiger partial charge in [-0.3, -0.25) is 0 Å². The summed E-state index contributed by atoms with van der Waals surface area (Å²) in [5.41, 5.74) is 1.65. The zero-order valence-electron chi connectivity index (χ0n) is 19.2. The first-order valence-electron chi connectivity index (χ1n) is 11.2. The van der Waals surface area contributed by atoms with Crippen LogP contribution in [0, 0.1) is 0 Å². The van der Waals surface area contributed by atoms with E-state index in [0.717, 1.165) is 21.8 Å². The third-order valence-corrected chi connectivity index (χ3v) is 7.12. The number of hydrogen-bond donors (Lipinski definition) is 1. The van der Waals surface area contributed by atoms with Gasteiger partial charge in [-0.05, 0) is 54.4 Å². The van der Waals surface area contributed by atoms with Crippen molar-refractivity contribution < 1.29 is 24.1 Å². The van der Waals surface area contributed by atoms with Gasteiger partial charge in [-0.25, -0.2) is 0 Å². The van der Waals surface area contributed by atoms with Crippen LogP contribution >= 0.6 is 23.4 Å². The summed E-state index contributed by atoms with van der Waals surface area (Å²) in [5.74, 6) is 0.784. The van der Waals surface area contributed by atoms with Crippen molar-refractivity contribution >= 4 is 23.4 Å². The lowest BCUT2D eigenvalue weighted by Gasteiger charge is -2.43. The molecule has 1 saturated heterocycles. The molecule has 5 nitrogen and oxygen atoms in total. The molecule has 1 aliphatic heterocycles. The highest BCUT2D eigenvalue weighted by Crippen LogP contribution is 2.37. The standard InChI is InChI=1S/C27H29ClO5S/c1-18-24(29)25(31-17-20-8-12-22(30-2)13-9-20)26(32-16-19-6-4-3-5-7-19)27(33-18)34-23-14-10-21(28)11-15-23/h3-15,18,24-27,29H,16-17H2,1-2H3/t18-,24+,25+,26-,27+/m0/s1. The number of benzene rings is 3. The lowest BCUT2D eigenvalue weighted by atomic mass is 10.00. The molecule has 0 spiro atoms. The maximum atomic E-state index is 11.0. The van der Waals surface area contributed by atoms with Crippen molar-refractivity contribution in [1.29, 1.82) is 0 Å². The molecule has 7 heteroatoms. The minimum absolute atomic E-state index is 0.335. The Hall–Kier alpha value is -2.06. The first-order chi connectivity index (χ1) is 16.5. The molecule has 3 aromatic rings. The lowest BCUT2D eigenvalue weighted by molar-refractivity contribution is -0.228. The number of aliphatic hydroxyl groups excluding tert-OH is 1. The van der Waals surface area contributed by atoms with Gasteiger partial charge >= 0.3 is 0 Å². The molecule has 1 N–H and O–H groups in total. The highest BCUT2D eigenvalue weighted by molar-refractivity contribution is 7.99. The van der Waals surface area contributed by atoms with Gasteiger partial charge < -0.3 is 24.1 Å². The van der Waals surface area contributed by atoms with Gasteiger partial charge in [0.25, 0.3) is 0 Å². The topological polar surface area (TPSA) is 57.2 Å². The zero-order valence-corrected chi connectivity index (χ0v) is 20.7. The van der Waals surface area contributed by atoms with Gasteiger partial charge in [0.2, 0.25) is 0 Å². The van der Waals surface area contributed by atoms with Crippen LogP contribution in [0.15, 0.2) is 83.8 Å². The van der Waals surface area contributed by atoms with Crippen LogP contribution in [0.5, 0.6) is 5.75 Å². The summed E-state index contributed by atoms with van der Waals surface area (Å²) < 4.78 is 24.1. The van der Waals surface area contributed by atoms with Crippen LogP contribution in [0.2, 0.25) is 5.02 Å². The van der Waals surface area contributed by atoms with Gasteiger partial charge in [0.1, 0.15) is 29.5 Å². The average Bonchev–Trinajstić information content (AvgIpc) is 2.87.